The third-order valence-electron chi connectivity index (χ3n) is 3.31. The molecule has 102 valence electrons. The smallest absolute Gasteiger partial charge is 0.182 e. The predicted molar refractivity (Wildman–Crippen MR) is 71.6 cm³/mol. The van der Waals surface area contributed by atoms with Crippen molar-refractivity contribution in [3.8, 4) is 6.07 Å². The molecule has 0 unspecified atom stereocenters. The molecule has 0 radical (unpaired) electrons. The number of ether oxygens (including phenoxy) is 1. The molecule has 1 aromatic carbocycles. The van der Waals surface area contributed by atoms with E-state index in [0.29, 0.717) is 18.1 Å². The van der Waals surface area contributed by atoms with Crippen molar-refractivity contribution in [2.45, 2.75) is 23.5 Å². The molecule has 0 aromatic heterocycles. The first-order chi connectivity index (χ1) is 8.96. The van der Waals surface area contributed by atoms with Gasteiger partial charge in [-0.3, -0.25) is 0 Å². The van der Waals surface area contributed by atoms with E-state index in [0.717, 1.165) is 0 Å². The minimum absolute atomic E-state index is 0.164. The molecule has 2 rings (SSSR count). The van der Waals surface area contributed by atoms with E-state index in [-0.39, 0.29) is 11.5 Å². The maximum absolute atomic E-state index is 12.4. The van der Waals surface area contributed by atoms with Crippen molar-refractivity contribution >= 4 is 21.4 Å². The van der Waals surface area contributed by atoms with E-state index in [1.807, 2.05) is 6.92 Å². The first-order valence-corrected chi connectivity index (χ1v) is 7.87. The molecule has 1 aromatic rings. The van der Waals surface area contributed by atoms with Crippen LogP contribution in [0.15, 0.2) is 29.2 Å². The van der Waals surface area contributed by atoms with Crippen LogP contribution < -0.4 is 0 Å². The van der Waals surface area contributed by atoms with E-state index < -0.39 is 20.5 Å². The van der Waals surface area contributed by atoms with Crippen LogP contribution in [-0.4, -0.2) is 26.9 Å². The molecule has 0 N–H and O–H groups in total. The summed E-state index contributed by atoms with van der Waals surface area (Å²) in [7, 11) is -3.49. The Balaban J connectivity index is 2.23. The maximum atomic E-state index is 12.4. The summed E-state index contributed by atoms with van der Waals surface area (Å²) in [5.74, 6) is 0. The average Bonchev–Trinajstić information content (AvgIpc) is 3.13. The summed E-state index contributed by atoms with van der Waals surface area (Å²) in [6.07, 6.45) is 0.328. The van der Waals surface area contributed by atoms with E-state index in [1.54, 1.807) is 0 Å². The first kappa shape index (κ1) is 14.3. The Morgan fingerprint density at radius 2 is 2.11 bits per heavy atom. The van der Waals surface area contributed by atoms with Gasteiger partial charge in [0.1, 0.15) is 0 Å². The van der Waals surface area contributed by atoms with Gasteiger partial charge in [-0.1, -0.05) is 11.6 Å². The Kier molecular flexibility index (Phi) is 3.86. The van der Waals surface area contributed by atoms with Crippen LogP contribution in [0.25, 0.3) is 0 Å². The number of benzene rings is 1. The fraction of sp³-hybridized carbons (Fsp3) is 0.462. The third-order valence-corrected chi connectivity index (χ3v) is 5.86. The summed E-state index contributed by atoms with van der Waals surface area (Å²) in [5.41, 5.74) is -0.894. The van der Waals surface area contributed by atoms with Crippen LogP contribution in [0.2, 0.25) is 5.02 Å². The molecule has 0 bridgehead atoms. The molecule has 6 heteroatoms. The van der Waals surface area contributed by atoms with Crippen molar-refractivity contribution in [2.75, 3.05) is 13.2 Å². The third kappa shape index (κ3) is 2.62. The van der Waals surface area contributed by atoms with Crippen LogP contribution in [0.3, 0.4) is 0 Å². The largest absolute Gasteiger partial charge is 0.380 e. The molecular weight excluding hydrogens is 286 g/mol. The summed E-state index contributed by atoms with van der Waals surface area (Å²) in [5, 5.41) is 8.99. The number of halogens is 1. The van der Waals surface area contributed by atoms with E-state index in [9.17, 15) is 13.7 Å². The topological polar surface area (TPSA) is 67.2 Å². The highest BCUT2D eigenvalue weighted by Crippen LogP contribution is 2.52. The average molecular weight is 300 g/mol. The molecule has 1 fully saturated rings. The fourth-order valence-corrected chi connectivity index (χ4v) is 4.25. The first-order valence-electron chi connectivity index (χ1n) is 5.95. The van der Waals surface area contributed by atoms with Crippen LogP contribution >= 0.6 is 11.6 Å². The van der Waals surface area contributed by atoms with Gasteiger partial charge in [0.25, 0.3) is 0 Å². The number of rotatable bonds is 5. The monoisotopic (exact) mass is 299 g/mol. The number of nitriles is 1. The normalized spacial score (nSPS) is 25.8. The zero-order valence-corrected chi connectivity index (χ0v) is 12.0. The van der Waals surface area contributed by atoms with Crippen molar-refractivity contribution in [2.24, 2.45) is 5.41 Å². The molecule has 1 aliphatic rings. The van der Waals surface area contributed by atoms with Gasteiger partial charge in [0.15, 0.2) is 9.84 Å². The second-order valence-electron chi connectivity index (χ2n) is 4.60. The standard InChI is InChI=1S/C13H14ClNO3S/c1-2-18-9-13(8-15)7-12(13)19(16,17)11-5-3-10(14)4-6-11/h3-6,12H,2,7,9H2,1H3/t12-,13+/m0/s1. The van der Waals surface area contributed by atoms with Crippen LogP contribution in [0.5, 0.6) is 0 Å². The molecule has 0 aliphatic heterocycles. The van der Waals surface area contributed by atoms with Gasteiger partial charge in [0.05, 0.1) is 28.2 Å². The minimum atomic E-state index is -3.49. The highest BCUT2D eigenvalue weighted by atomic mass is 35.5. The summed E-state index contributed by atoms with van der Waals surface area (Å²) in [6.45, 7) is 2.45. The number of hydrogen-bond donors (Lipinski definition) is 0. The zero-order chi connectivity index (χ0) is 14.1. The summed E-state index contributed by atoms with van der Waals surface area (Å²) in [4.78, 5) is 0.204. The highest BCUT2D eigenvalue weighted by molar-refractivity contribution is 7.92. The van der Waals surface area contributed by atoms with Gasteiger partial charge in [-0.05, 0) is 37.6 Å². The summed E-state index contributed by atoms with van der Waals surface area (Å²) < 4.78 is 30.0. The Hall–Kier alpha value is -1.09. The molecule has 0 spiro atoms. The molecule has 1 saturated carbocycles. The lowest BCUT2D eigenvalue weighted by Crippen LogP contribution is -2.19. The molecule has 19 heavy (non-hydrogen) atoms. The minimum Gasteiger partial charge on any atom is -0.380 e. The highest BCUT2D eigenvalue weighted by Gasteiger charge is 2.62. The zero-order valence-electron chi connectivity index (χ0n) is 10.5. The van der Waals surface area contributed by atoms with E-state index in [2.05, 4.69) is 6.07 Å². The van der Waals surface area contributed by atoms with Crippen LogP contribution in [0.1, 0.15) is 13.3 Å². The Morgan fingerprint density at radius 1 is 1.47 bits per heavy atom. The van der Waals surface area contributed by atoms with Gasteiger partial charge < -0.3 is 4.74 Å². The predicted octanol–water partition coefficient (Wildman–Crippen LogP) is 2.43. The van der Waals surface area contributed by atoms with Gasteiger partial charge in [-0.25, -0.2) is 8.42 Å². The molecule has 0 saturated heterocycles. The van der Waals surface area contributed by atoms with Gasteiger partial charge in [-0.2, -0.15) is 5.26 Å². The lowest BCUT2D eigenvalue weighted by Gasteiger charge is -2.09. The molecule has 4 nitrogen and oxygen atoms in total. The molecule has 2 atom stereocenters. The molecule has 0 heterocycles. The number of nitrogens with zero attached hydrogens (tertiary/aromatic N) is 1. The van der Waals surface area contributed by atoms with Crippen molar-refractivity contribution in [1.29, 1.82) is 5.26 Å². The lowest BCUT2D eigenvalue weighted by atomic mass is 10.1. The lowest BCUT2D eigenvalue weighted by molar-refractivity contribution is 0.119. The number of sulfone groups is 1. The Bertz CT molecular complexity index is 606. The Morgan fingerprint density at radius 3 is 2.63 bits per heavy atom. The summed E-state index contributed by atoms with van der Waals surface area (Å²) in [6, 6.07) is 8.11. The fourth-order valence-electron chi connectivity index (χ4n) is 2.05. The second kappa shape index (κ2) is 5.12. The van der Waals surface area contributed by atoms with E-state index in [1.165, 1.54) is 24.3 Å². The van der Waals surface area contributed by atoms with E-state index >= 15 is 0 Å². The molecule has 0 amide bonds. The van der Waals surface area contributed by atoms with Crippen LogP contribution in [0.4, 0.5) is 0 Å². The Labute approximate surface area is 117 Å². The summed E-state index contributed by atoms with van der Waals surface area (Å²) >= 11 is 5.74. The number of hydrogen-bond acceptors (Lipinski definition) is 4. The van der Waals surface area contributed by atoms with Gasteiger partial charge in [-0.15, -0.1) is 0 Å². The SMILES string of the molecule is CCOC[C@]1(C#N)C[C@@H]1S(=O)(=O)c1ccc(Cl)cc1. The van der Waals surface area contributed by atoms with Crippen LogP contribution in [0, 0.1) is 16.7 Å². The van der Waals surface area contributed by atoms with Crippen LogP contribution in [-0.2, 0) is 14.6 Å². The molecule has 1 aliphatic carbocycles. The quantitative estimate of drug-likeness (QED) is 0.837. The van der Waals surface area contributed by atoms with Crippen molar-refractivity contribution in [3.63, 3.8) is 0 Å². The van der Waals surface area contributed by atoms with Crippen molar-refractivity contribution in [1.82, 2.24) is 0 Å². The second-order valence-corrected chi connectivity index (χ2v) is 7.16. The van der Waals surface area contributed by atoms with Crippen molar-refractivity contribution < 1.29 is 13.2 Å². The molecular formula is C13H14ClNO3S. The van der Waals surface area contributed by atoms with Gasteiger partial charge >= 0.3 is 0 Å². The van der Waals surface area contributed by atoms with Gasteiger partial charge in [0, 0.05) is 11.6 Å². The maximum Gasteiger partial charge on any atom is 0.182 e. The van der Waals surface area contributed by atoms with E-state index in [4.69, 9.17) is 16.3 Å². The van der Waals surface area contributed by atoms with Crippen molar-refractivity contribution in [3.05, 3.63) is 29.3 Å². The van der Waals surface area contributed by atoms with Gasteiger partial charge in [0.2, 0.25) is 0 Å².